The van der Waals surface area contributed by atoms with Crippen LogP contribution in [0.15, 0.2) is 42.5 Å². The maximum Gasteiger partial charge on any atom is 0.0658 e. The zero-order chi connectivity index (χ0) is 21.8. The molecule has 172 valence electrons. The Bertz CT molecular complexity index is 1330. The molecule has 0 fully saturated rings. The van der Waals surface area contributed by atoms with Crippen LogP contribution in [0.3, 0.4) is 0 Å². The van der Waals surface area contributed by atoms with E-state index >= 15 is 0 Å². The molecule has 8 bridgehead atoms. The van der Waals surface area contributed by atoms with Crippen LogP contribution >= 0.6 is 0 Å². The van der Waals surface area contributed by atoms with Gasteiger partial charge >= 0.3 is 0 Å². The Balaban J connectivity index is 0.00000259. The molecular weight excluding hydrogens is 587 g/mol. The molecule has 4 nitrogen and oxygen atoms in total. The van der Waals surface area contributed by atoms with Gasteiger partial charge in [-0.3, -0.25) is 0 Å². The number of aromatic amines is 2. The van der Waals surface area contributed by atoms with Crippen LogP contribution in [0.1, 0.15) is 73.8 Å². The average Bonchev–Trinajstić information content (AvgIpc) is 3.56. The minimum absolute atomic E-state index is 0. The van der Waals surface area contributed by atoms with Crippen LogP contribution in [0.25, 0.3) is 46.4 Å². The molecule has 2 aliphatic rings. The first-order valence-corrected chi connectivity index (χ1v) is 11.8. The van der Waals surface area contributed by atoms with Gasteiger partial charge in [0, 0.05) is 43.1 Å². The number of hydrogen-bond acceptors (Lipinski definition) is 2. The van der Waals surface area contributed by atoms with E-state index in [0.717, 1.165) is 51.3 Å². The topological polar surface area (TPSA) is 57.4 Å². The monoisotopic (exact) mass is 617 g/mol. The summed E-state index contributed by atoms with van der Waals surface area (Å²) >= 11 is 0. The second-order valence-electron chi connectivity index (χ2n) is 8.72. The fourth-order valence-electron chi connectivity index (χ4n) is 4.38. The normalized spacial score (nSPS) is 12.2. The van der Waals surface area contributed by atoms with E-state index in [-0.39, 0.29) is 21.1 Å². The number of hydrogen-bond donors (Lipinski definition) is 2. The molecule has 5 rings (SSSR count). The summed E-state index contributed by atoms with van der Waals surface area (Å²) in [7, 11) is 0. The molecule has 0 saturated heterocycles. The van der Waals surface area contributed by atoms with E-state index in [1.807, 2.05) is 0 Å². The van der Waals surface area contributed by atoms with Gasteiger partial charge in [0.1, 0.15) is 0 Å². The van der Waals surface area contributed by atoms with E-state index in [1.165, 1.54) is 44.1 Å². The van der Waals surface area contributed by atoms with Crippen molar-refractivity contribution in [1.29, 1.82) is 0 Å². The van der Waals surface area contributed by atoms with Crippen molar-refractivity contribution in [2.75, 3.05) is 0 Å². The Kier molecular flexibility index (Phi) is 7.77. The Hall–Kier alpha value is -2.71. The van der Waals surface area contributed by atoms with Gasteiger partial charge in [-0.1, -0.05) is 39.0 Å². The SMILES string of the molecule is CCCCCCCCc1cc2cc3nc(cc4ccc(cc5nc(cc1[nH]2)C=C5)[nH]4)C=C3.[Pt]. The number of H-pyrrole nitrogens is 2. The summed E-state index contributed by atoms with van der Waals surface area (Å²) in [4.78, 5) is 16.6. The van der Waals surface area contributed by atoms with Crippen molar-refractivity contribution in [3.63, 3.8) is 0 Å². The molecule has 0 spiro atoms. The fourth-order valence-corrected chi connectivity index (χ4v) is 4.38. The number of aryl methyl sites for hydroxylation is 1. The first-order valence-electron chi connectivity index (χ1n) is 11.8. The van der Waals surface area contributed by atoms with Crippen molar-refractivity contribution in [3.8, 4) is 0 Å². The van der Waals surface area contributed by atoms with Gasteiger partial charge in [0.05, 0.1) is 22.8 Å². The van der Waals surface area contributed by atoms with Gasteiger partial charge in [-0.2, -0.15) is 0 Å². The maximum absolute atomic E-state index is 4.81. The van der Waals surface area contributed by atoms with Gasteiger partial charge in [-0.15, -0.1) is 0 Å². The maximum atomic E-state index is 4.81. The van der Waals surface area contributed by atoms with Gasteiger partial charge in [0.15, 0.2) is 0 Å². The first-order chi connectivity index (χ1) is 15.7. The average molecular weight is 618 g/mol. The molecule has 3 aromatic rings. The van der Waals surface area contributed by atoms with Crippen LogP contribution in [-0.2, 0) is 27.5 Å². The van der Waals surface area contributed by atoms with Crippen LogP contribution in [0.2, 0.25) is 0 Å². The summed E-state index contributed by atoms with van der Waals surface area (Å²) < 4.78 is 0. The van der Waals surface area contributed by atoms with E-state index in [9.17, 15) is 0 Å². The molecule has 0 amide bonds. The van der Waals surface area contributed by atoms with Crippen molar-refractivity contribution in [1.82, 2.24) is 19.9 Å². The summed E-state index contributed by atoms with van der Waals surface area (Å²) in [5.41, 5.74) is 9.54. The number of unbranched alkanes of at least 4 members (excludes halogenated alkanes) is 5. The van der Waals surface area contributed by atoms with E-state index in [1.54, 1.807) is 0 Å². The number of rotatable bonds is 7. The smallest absolute Gasteiger partial charge is 0.0658 e. The third-order valence-corrected chi connectivity index (χ3v) is 6.05. The summed E-state index contributed by atoms with van der Waals surface area (Å²) in [6.45, 7) is 2.27. The molecule has 0 aromatic carbocycles. The molecule has 5 heteroatoms. The Labute approximate surface area is 209 Å². The molecule has 3 aromatic heterocycles. The third-order valence-electron chi connectivity index (χ3n) is 6.05. The predicted octanol–water partition coefficient (Wildman–Crippen LogP) is 7.56. The summed E-state index contributed by atoms with van der Waals surface area (Å²) in [6, 6.07) is 14.9. The van der Waals surface area contributed by atoms with Gasteiger partial charge < -0.3 is 9.97 Å². The van der Waals surface area contributed by atoms with E-state index < -0.39 is 0 Å². The molecule has 2 aliphatic heterocycles. The van der Waals surface area contributed by atoms with Crippen LogP contribution in [0.4, 0.5) is 0 Å². The van der Waals surface area contributed by atoms with Crippen LogP contribution < -0.4 is 0 Å². The predicted molar refractivity (Wildman–Crippen MR) is 136 cm³/mol. The minimum atomic E-state index is 0. The number of nitrogens with zero attached hydrogens (tertiary/aromatic N) is 2. The molecule has 33 heavy (non-hydrogen) atoms. The van der Waals surface area contributed by atoms with Crippen molar-refractivity contribution < 1.29 is 21.1 Å². The zero-order valence-electron chi connectivity index (χ0n) is 19.0. The zero-order valence-corrected chi connectivity index (χ0v) is 21.3. The Morgan fingerprint density at radius 1 is 0.606 bits per heavy atom. The molecule has 0 aliphatic carbocycles. The van der Waals surface area contributed by atoms with Crippen LogP contribution in [-0.4, -0.2) is 19.9 Å². The quantitative estimate of drug-likeness (QED) is 0.185. The fraction of sp³-hybridized carbons (Fsp3) is 0.286. The van der Waals surface area contributed by atoms with Crippen LogP contribution in [0, 0.1) is 0 Å². The van der Waals surface area contributed by atoms with Crippen molar-refractivity contribution >= 4 is 46.4 Å². The standard InChI is InChI=1S/C28H30N4.Pt/c1-2-3-4-5-6-7-8-20-15-27-18-25-12-11-23(30-25)16-21-9-10-22(29-21)17-24-13-14-26(31-24)19-28(20)32-27;/h9-19,29,32H,2-8H2,1H3;. The van der Waals surface area contributed by atoms with E-state index in [2.05, 4.69) is 83.7 Å². The van der Waals surface area contributed by atoms with Crippen LogP contribution in [0.5, 0.6) is 0 Å². The van der Waals surface area contributed by atoms with E-state index in [0.29, 0.717) is 0 Å². The van der Waals surface area contributed by atoms with Crippen molar-refractivity contribution in [2.24, 2.45) is 0 Å². The van der Waals surface area contributed by atoms with Gasteiger partial charge in [0.2, 0.25) is 0 Å². The summed E-state index contributed by atoms with van der Waals surface area (Å²) in [5.74, 6) is 0. The second kappa shape index (κ2) is 10.9. The van der Waals surface area contributed by atoms with Gasteiger partial charge in [0.25, 0.3) is 0 Å². The number of fused-ring (bicyclic) bond motifs is 8. The molecule has 2 N–H and O–H groups in total. The van der Waals surface area contributed by atoms with Crippen molar-refractivity contribution in [2.45, 2.75) is 51.9 Å². The molecule has 0 atom stereocenters. The third kappa shape index (κ3) is 6.00. The van der Waals surface area contributed by atoms with Gasteiger partial charge in [-0.25, -0.2) is 9.97 Å². The van der Waals surface area contributed by atoms with Crippen molar-refractivity contribution in [3.05, 3.63) is 70.8 Å². The van der Waals surface area contributed by atoms with Gasteiger partial charge in [-0.05, 0) is 85.2 Å². The molecule has 0 unspecified atom stereocenters. The Morgan fingerprint density at radius 3 is 1.79 bits per heavy atom. The molecule has 0 saturated carbocycles. The summed E-state index contributed by atoms with van der Waals surface area (Å²) in [6.07, 6.45) is 17.2. The molecular formula is C28H30N4Pt. The molecule has 5 heterocycles. The van der Waals surface area contributed by atoms with E-state index in [4.69, 9.17) is 9.97 Å². The Morgan fingerprint density at radius 2 is 1.15 bits per heavy atom. The summed E-state index contributed by atoms with van der Waals surface area (Å²) in [5, 5.41) is 0. The largest absolute Gasteiger partial charge is 0.355 e. The number of aromatic nitrogens is 4. The number of nitrogens with one attached hydrogen (secondary N) is 2. The minimum Gasteiger partial charge on any atom is -0.355 e. The first kappa shape index (κ1) is 23.4. The molecule has 0 radical (unpaired) electrons. The second-order valence-corrected chi connectivity index (χ2v) is 8.72.